The molecule has 0 saturated heterocycles. The summed E-state index contributed by atoms with van der Waals surface area (Å²) in [6.07, 6.45) is -4.60. The van der Waals surface area contributed by atoms with Gasteiger partial charge in [0.25, 0.3) is 0 Å². The molecule has 3 unspecified atom stereocenters. The minimum absolute atomic E-state index is 0.0528. The van der Waals surface area contributed by atoms with Crippen LogP contribution in [0.4, 0.5) is 13.2 Å². The van der Waals surface area contributed by atoms with Gasteiger partial charge >= 0.3 is 6.18 Å². The van der Waals surface area contributed by atoms with Crippen LogP contribution in [0.2, 0.25) is 5.02 Å². The molecule has 1 aliphatic rings. The van der Waals surface area contributed by atoms with Gasteiger partial charge in [0, 0.05) is 10.9 Å². The fourth-order valence-electron chi connectivity index (χ4n) is 3.94. The number of rotatable bonds is 3. The maximum atomic E-state index is 14.1. The smallest absolute Gasteiger partial charge is 0.392 e. The van der Waals surface area contributed by atoms with E-state index in [-0.39, 0.29) is 29.8 Å². The summed E-state index contributed by atoms with van der Waals surface area (Å²) in [5, 5.41) is 10.4. The summed E-state index contributed by atoms with van der Waals surface area (Å²) < 4.78 is 42.2. The first-order valence-electron chi connectivity index (χ1n) is 7.32. The highest BCUT2D eigenvalue weighted by Gasteiger charge is 2.63. The molecule has 1 nitrogen and oxygen atoms in total. The quantitative estimate of drug-likeness (QED) is 0.841. The van der Waals surface area contributed by atoms with Crippen LogP contribution >= 0.6 is 11.6 Å². The van der Waals surface area contributed by atoms with Crippen LogP contribution in [-0.4, -0.2) is 17.4 Å². The molecule has 3 atom stereocenters. The summed E-state index contributed by atoms with van der Waals surface area (Å²) in [7, 11) is 0. The van der Waals surface area contributed by atoms with E-state index < -0.39 is 23.6 Å². The minimum atomic E-state index is -4.44. The number of hydrogen-bond acceptors (Lipinski definition) is 1. The van der Waals surface area contributed by atoms with E-state index in [1.807, 2.05) is 0 Å². The van der Waals surface area contributed by atoms with Crippen LogP contribution in [0.5, 0.6) is 0 Å². The lowest BCUT2D eigenvalue weighted by Crippen LogP contribution is -2.55. The van der Waals surface area contributed by atoms with Crippen LogP contribution in [0, 0.1) is 5.92 Å². The molecule has 1 aromatic rings. The molecule has 0 saturated carbocycles. The number of hydrogen-bond donors (Lipinski definition) is 1. The standard InChI is InChI=1S/C16H20ClF3O/c1-3-8-15(16(18,19)20)11(4-2)13(21)9-10-6-5-7-12(17)14(10)15/h5-7,11,13,21H,3-4,8-9H2,1-2H3. The summed E-state index contributed by atoms with van der Waals surface area (Å²) in [5.74, 6) is -0.857. The first kappa shape index (κ1) is 16.6. The fourth-order valence-corrected chi connectivity index (χ4v) is 4.30. The highest BCUT2D eigenvalue weighted by atomic mass is 35.5. The minimum Gasteiger partial charge on any atom is -0.392 e. The highest BCUT2D eigenvalue weighted by molar-refractivity contribution is 6.31. The fraction of sp³-hybridized carbons (Fsp3) is 0.625. The normalized spacial score (nSPS) is 29.3. The molecule has 0 fully saturated rings. The average Bonchev–Trinajstić information content (AvgIpc) is 2.37. The summed E-state index contributed by atoms with van der Waals surface area (Å²) in [6.45, 7) is 3.43. The summed E-state index contributed by atoms with van der Waals surface area (Å²) >= 11 is 6.16. The van der Waals surface area contributed by atoms with E-state index in [1.54, 1.807) is 26.0 Å². The van der Waals surface area contributed by atoms with E-state index in [1.165, 1.54) is 6.07 Å². The van der Waals surface area contributed by atoms with Crippen LogP contribution in [0.25, 0.3) is 0 Å². The van der Waals surface area contributed by atoms with Gasteiger partial charge < -0.3 is 5.11 Å². The van der Waals surface area contributed by atoms with Gasteiger partial charge in [-0.1, -0.05) is 44.0 Å². The van der Waals surface area contributed by atoms with Crippen LogP contribution in [-0.2, 0) is 11.8 Å². The largest absolute Gasteiger partial charge is 0.398 e. The van der Waals surface area contributed by atoms with Crippen molar-refractivity contribution in [1.82, 2.24) is 0 Å². The molecule has 1 aliphatic carbocycles. The first-order valence-corrected chi connectivity index (χ1v) is 7.70. The Balaban J connectivity index is 2.79. The van der Waals surface area contributed by atoms with Crippen molar-refractivity contribution < 1.29 is 18.3 Å². The van der Waals surface area contributed by atoms with Gasteiger partial charge in [0.1, 0.15) is 0 Å². The van der Waals surface area contributed by atoms with E-state index >= 15 is 0 Å². The molecule has 5 heteroatoms. The van der Waals surface area contributed by atoms with Crippen molar-refractivity contribution in [3.8, 4) is 0 Å². The Hall–Kier alpha value is -0.740. The van der Waals surface area contributed by atoms with E-state index in [4.69, 9.17) is 11.6 Å². The number of alkyl halides is 3. The molecule has 21 heavy (non-hydrogen) atoms. The molecule has 0 radical (unpaired) electrons. The SMILES string of the molecule is CCCC1(C(F)(F)F)c2c(Cl)cccc2CC(O)C1CC. The van der Waals surface area contributed by atoms with Gasteiger partial charge in [-0.25, -0.2) is 0 Å². The Labute approximate surface area is 128 Å². The van der Waals surface area contributed by atoms with Crippen molar-refractivity contribution in [3.05, 3.63) is 34.3 Å². The topological polar surface area (TPSA) is 20.2 Å². The Kier molecular flexibility index (Phi) is 4.60. The lowest BCUT2D eigenvalue weighted by atomic mass is 9.58. The third-order valence-corrected chi connectivity index (χ3v) is 4.98. The van der Waals surface area contributed by atoms with E-state index in [0.29, 0.717) is 12.0 Å². The van der Waals surface area contributed by atoms with Crippen molar-refractivity contribution in [3.63, 3.8) is 0 Å². The lowest BCUT2D eigenvalue weighted by Gasteiger charge is -2.49. The van der Waals surface area contributed by atoms with E-state index in [0.717, 1.165) is 0 Å². The predicted octanol–water partition coefficient (Wildman–Crippen LogP) is 4.88. The van der Waals surface area contributed by atoms with Gasteiger partial charge in [-0.15, -0.1) is 0 Å². The Morgan fingerprint density at radius 3 is 2.52 bits per heavy atom. The van der Waals surface area contributed by atoms with Crippen LogP contribution < -0.4 is 0 Å². The van der Waals surface area contributed by atoms with Crippen molar-refractivity contribution in [2.75, 3.05) is 0 Å². The first-order chi connectivity index (χ1) is 9.79. The lowest BCUT2D eigenvalue weighted by molar-refractivity contribution is -0.223. The van der Waals surface area contributed by atoms with Crippen molar-refractivity contribution in [2.24, 2.45) is 5.92 Å². The maximum absolute atomic E-state index is 14.1. The monoisotopic (exact) mass is 320 g/mol. The number of fused-ring (bicyclic) bond motifs is 1. The molecule has 0 bridgehead atoms. The summed E-state index contributed by atoms with van der Waals surface area (Å²) in [4.78, 5) is 0. The van der Waals surface area contributed by atoms with Crippen LogP contribution in [0.15, 0.2) is 18.2 Å². The molecule has 0 heterocycles. The van der Waals surface area contributed by atoms with Gasteiger partial charge in [-0.2, -0.15) is 13.2 Å². The second kappa shape index (κ2) is 5.81. The van der Waals surface area contributed by atoms with E-state index in [2.05, 4.69) is 0 Å². The van der Waals surface area contributed by atoms with E-state index in [9.17, 15) is 18.3 Å². The van der Waals surface area contributed by atoms with Gasteiger partial charge in [-0.05, 0) is 36.5 Å². The summed E-state index contributed by atoms with van der Waals surface area (Å²) in [6, 6.07) is 4.81. The Morgan fingerprint density at radius 1 is 1.33 bits per heavy atom. The number of benzene rings is 1. The molecule has 1 N–H and O–H groups in total. The number of aliphatic hydroxyl groups excluding tert-OH is 1. The van der Waals surface area contributed by atoms with Crippen LogP contribution in [0.3, 0.4) is 0 Å². The zero-order valence-corrected chi connectivity index (χ0v) is 12.9. The Morgan fingerprint density at radius 2 is 2.00 bits per heavy atom. The van der Waals surface area contributed by atoms with Crippen molar-refractivity contribution in [1.29, 1.82) is 0 Å². The van der Waals surface area contributed by atoms with Crippen LogP contribution in [0.1, 0.15) is 44.2 Å². The molecule has 2 rings (SSSR count). The zero-order chi connectivity index (χ0) is 15.8. The zero-order valence-electron chi connectivity index (χ0n) is 12.2. The average molecular weight is 321 g/mol. The second-order valence-corrected chi connectivity index (χ2v) is 6.19. The molecule has 0 aromatic heterocycles. The highest BCUT2D eigenvalue weighted by Crippen LogP contribution is 2.57. The summed E-state index contributed by atoms with van der Waals surface area (Å²) in [5.41, 5.74) is -1.36. The third-order valence-electron chi connectivity index (χ3n) is 4.66. The number of halogens is 4. The Bertz CT molecular complexity index is 515. The maximum Gasteiger partial charge on any atom is 0.398 e. The molecule has 0 aliphatic heterocycles. The molecular formula is C16H20ClF3O. The molecule has 0 amide bonds. The molecule has 0 spiro atoms. The molecule has 1 aromatic carbocycles. The molecule has 118 valence electrons. The third kappa shape index (κ3) is 2.46. The van der Waals surface area contributed by atoms with Gasteiger partial charge in [-0.3, -0.25) is 0 Å². The van der Waals surface area contributed by atoms with Gasteiger partial charge in [0.2, 0.25) is 0 Å². The predicted molar refractivity (Wildman–Crippen MR) is 77.6 cm³/mol. The van der Waals surface area contributed by atoms with Crippen molar-refractivity contribution in [2.45, 2.75) is 57.2 Å². The van der Waals surface area contributed by atoms with Gasteiger partial charge in [0.15, 0.2) is 0 Å². The van der Waals surface area contributed by atoms with Crippen molar-refractivity contribution >= 4 is 11.6 Å². The number of aliphatic hydroxyl groups is 1. The van der Waals surface area contributed by atoms with Gasteiger partial charge in [0.05, 0.1) is 11.5 Å². The molecular weight excluding hydrogens is 301 g/mol. The second-order valence-electron chi connectivity index (χ2n) is 5.78.